The van der Waals surface area contributed by atoms with Gasteiger partial charge in [-0.05, 0) is 105 Å². The number of hydrogen-bond donors (Lipinski definition) is 1. The van der Waals surface area contributed by atoms with Crippen molar-refractivity contribution in [2.75, 3.05) is 20.0 Å². The fourth-order valence-electron chi connectivity index (χ4n) is 6.00. The summed E-state index contributed by atoms with van der Waals surface area (Å²) in [4.78, 5) is 0. The predicted molar refractivity (Wildman–Crippen MR) is 162 cm³/mol. The molecular formula is C35H47F4NO3. The van der Waals surface area contributed by atoms with E-state index in [0.717, 1.165) is 50.2 Å². The summed E-state index contributed by atoms with van der Waals surface area (Å²) in [6.07, 6.45) is 17.2. The van der Waals surface area contributed by atoms with Crippen molar-refractivity contribution >= 4 is 0 Å². The standard InChI is InChI=1S/C29H39F4NO3.C4H6.C2H2/c1-20(18-36-19-35)16-21-2-4-22(5-3-21)24-8-11-27(28(31)17-24)23-6-9-25(10-7-23)29(32,33)37-15-13-26(30)12-14-34;1-3-4-2;1-2/h8,11,13,17,20-23,25,35H,2-7,9-10,12,15-16,18-19H2,1H3;1H,4H2,2H3;1-2H/b26-13+;;. The molecule has 0 radical (unpaired) electrons. The van der Waals surface area contributed by atoms with Crippen molar-refractivity contribution in [2.45, 2.75) is 102 Å². The minimum absolute atomic E-state index is 0.104. The van der Waals surface area contributed by atoms with Crippen molar-refractivity contribution in [2.24, 2.45) is 17.8 Å². The van der Waals surface area contributed by atoms with Gasteiger partial charge in [0.15, 0.2) is 0 Å². The molecule has 0 bridgehead atoms. The quantitative estimate of drug-likeness (QED) is 0.147. The van der Waals surface area contributed by atoms with E-state index < -0.39 is 30.9 Å². The molecular weight excluding hydrogens is 558 g/mol. The number of benzene rings is 1. The SMILES string of the molecule is C#C.C#CCC.CC(COCO)CC1CCC(c2ccc(C3CCC(C(F)(F)OC/C=C(/F)CC#N)CC3)c(F)c2)CC1. The van der Waals surface area contributed by atoms with Crippen LogP contribution in [0.1, 0.15) is 107 Å². The molecule has 0 saturated heterocycles. The van der Waals surface area contributed by atoms with Crippen molar-refractivity contribution in [3.8, 4) is 31.3 Å². The number of aliphatic hydroxyl groups excluding tert-OH is 1. The number of aliphatic hydroxyl groups is 1. The molecule has 8 heteroatoms. The first-order valence-corrected chi connectivity index (χ1v) is 15.1. The first-order chi connectivity index (χ1) is 20.6. The molecule has 2 fully saturated rings. The molecule has 1 aromatic carbocycles. The van der Waals surface area contributed by atoms with Gasteiger partial charge in [0.05, 0.1) is 31.6 Å². The van der Waals surface area contributed by atoms with Gasteiger partial charge in [-0.2, -0.15) is 14.0 Å². The molecule has 0 amide bonds. The van der Waals surface area contributed by atoms with Crippen molar-refractivity contribution in [3.05, 3.63) is 47.0 Å². The number of alkyl halides is 2. The lowest BCUT2D eigenvalue weighted by Gasteiger charge is -2.33. The average Bonchev–Trinajstić information content (AvgIpc) is 3.01. The Bertz CT molecular complexity index is 1060. The van der Waals surface area contributed by atoms with Crippen LogP contribution in [-0.4, -0.2) is 31.2 Å². The lowest BCUT2D eigenvalue weighted by atomic mass is 9.75. The highest BCUT2D eigenvalue weighted by Crippen LogP contribution is 2.44. The Labute approximate surface area is 255 Å². The fraction of sp³-hybridized carbons (Fsp3) is 0.629. The molecule has 0 spiro atoms. The molecule has 0 heterocycles. The summed E-state index contributed by atoms with van der Waals surface area (Å²) in [5.74, 6) is 1.66. The molecule has 238 valence electrons. The zero-order valence-corrected chi connectivity index (χ0v) is 25.6. The summed E-state index contributed by atoms with van der Waals surface area (Å²) in [5.41, 5.74) is 1.61. The maximum Gasteiger partial charge on any atom is 0.358 e. The highest BCUT2D eigenvalue weighted by molar-refractivity contribution is 5.30. The van der Waals surface area contributed by atoms with Crippen LogP contribution >= 0.6 is 0 Å². The molecule has 1 aromatic rings. The topological polar surface area (TPSA) is 62.5 Å². The van der Waals surface area contributed by atoms with Gasteiger partial charge in [0.25, 0.3) is 0 Å². The van der Waals surface area contributed by atoms with Crippen molar-refractivity contribution in [3.63, 3.8) is 0 Å². The van der Waals surface area contributed by atoms with Crippen LogP contribution in [0.4, 0.5) is 17.6 Å². The van der Waals surface area contributed by atoms with Gasteiger partial charge in [0.2, 0.25) is 0 Å². The van der Waals surface area contributed by atoms with Crippen molar-refractivity contribution in [1.82, 2.24) is 0 Å². The van der Waals surface area contributed by atoms with E-state index in [0.29, 0.717) is 42.8 Å². The third-order valence-corrected chi connectivity index (χ3v) is 8.25. The molecule has 1 N–H and O–H groups in total. The van der Waals surface area contributed by atoms with Gasteiger partial charge in [-0.1, -0.05) is 26.0 Å². The zero-order valence-electron chi connectivity index (χ0n) is 25.6. The van der Waals surface area contributed by atoms with E-state index in [4.69, 9.17) is 21.5 Å². The van der Waals surface area contributed by atoms with E-state index in [1.165, 1.54) is 0 Å². The Morgan fingerprint density at radius 2 is 1.72 bits per heavy atom. The van der Waals surface area contributed by atoms with Crippen LogP contribution in [0.2, 0.25) is 0 Å². The first-order valence-electron chi connectivity index (χ1n) is 15.1. The number of halogens is 4. The Morgan fingerprint density at radius 3 is 2.26 bits per heavy atom. The molecule has 0 aromatic heterocycles. The summed E-state index contributed by atoms with van der Waals surface area (Å²) >= 11 is 0. The predicted octanol–water partition coefficient (Wildman–Crippen LogP) is 9.02. The third-order valence-electron chi connectivity index (χ3n) is 8.25. The number of ether oxygens (including phenoxy) is 2. The number of nitriles is 1. The maximum atomic E-state index is 15.1. The van der Waals surface area contributed by atoms with Crippen LogP contribution in [0, 0.1) is 60.1 Å². The van der Waals surface area contributed by atoms with Crippen LogP contribution in [0.3, 0.4) is 0 Å². The number of nitrogens with zero attached hydrogens (tertiary/aromatic N) is 1. The van der Waals surface area contributed by atoms with Gasteiger partial charge in [0, 0.05) is 6.42 Å². The first kappa shape index (κ1) is 38.2. The van der Waals surface area contributed by atoms with Gasteiger partial charge in [0.1, 0.15) is 18.4 Å². The van der Waals surface area contributed by atoms with E-state index >= 15 is 4.39 Å². The summed E-state index contributed by atoms with van der Waals surface area (Å²) < 4.78 is 66.9. The summed E-state index contributed by atoms with van der Waals surface area (Å²) in [5, 5.41) is 17.2. The second-order valence-electron chi connectivity index (χ2n) is 11.3. The van der Waals surface area contributed by atoms with Crippen molar-refractivity contribution in [1.29, 1.82) is 5.26 Å². The molecule has 0 aliphatic heterocycles. The second-order valence-corrected chi connectivity index (χ2v) is 11.3. The number of terminal acetylenes is 2. The molecule has 4 nitrogen and oxygen atoms in total. The molecule has 2 saturated carbocycles. The normalized spacial score (nSPS) is 22.9. The lowest BCUT2D eigenvalue weighted by molar-refractivity contribution is -0.271. The maximum absolute atomic E-state index is 15.1. The Kier molecular flexibility index (Phi) is 18.6. The summed E-state index contributed by atoms with van der Waals surface area (Å²) in [7, 11) is 0. The van der Waals surface area contributed by atoms with E-state index in [1.54, 1.807) is 12.1 Å². The fourth-order valence-corrected chi connectivity index (χ4v) is 6.00. The van der Waals surface area contributed by atoms with Crippen LogP contribution < -0.4 is 0 Å². The van der Waals surface area contributed by atoms with E-state index in [-0.39, 0.29) is 31.4 Å². The molecule has 2 aliphatic carbocycles. The Balaban J connectivity index is 0.00000142. The summed E-state index contributed by atoms with van der Waals surface area (Å²) in [6.45, 7) is 3.81. The zero-order chi connectivity index (χ0) is 32.3. The van der Waals surface area contributed by atoms with Crippen LogP contribution in [-0.2, 0) is 9.47 Å². The molecule has 2 aliphatic rings. The van der Waals surface area contributed by atoms with Crippen molar-refractivity contribution < 1.29 is 32.1 Å². The van der Waals surface area contributed by atoms with Gasteiger partial charge >= 0.3 is 6.11 Å². The van der Waals surface area contributed by atoms with Crippen LogP contribution in [0.15, 0.2) is 30.1 Å². The minimum Gasteiger partial charge on any atom is -0.371 e. The van der Waals surface area contributed by atoms with Crippen LogP contribution in [0.5, 0.6) is 0 Å². The molecule has 43 heavy (non-hydrogen) atoms. The van der Waals surface area contributed by atoms with E-state index in [1.807, 2.05) is 19.1 Å². The average molecular weight is 606 g/mol. The second kappa shape index (κ2) is 21.0. The van der Waals surface area contributed by atoms with Gasteiger partial charge in [-0.3, -0.25) is 0 Å². The number of rotatable bonds is 12. The lowest BCUT2D eigenvalue weighted by Crippen LogP contribution is -2.34. The Hall–Kier alpha value is -2.83. The van der Waals surface area contributed by atoms with Gasteiger partial charge < -0.3 is 14.6 Å². The summed E-state index contributed by atoms with van der Waals surface area (Å²) in [6, 6.07) is 7.10. The number of allylic oxidation sites excluding steroid dienone is 1. The van der Waals surface area contributed by atoms with Crippen LogP contribution in [0.25, 0.3) is 0 Å². The van der Waals surface area contributed by atoms with Gasteiger partial charge in [-0.15, -0.1) is 25.2 Å². The van der Waals surface area contributed by atoms with E-state index in [2.05, 4.69) is 30.4 Å². The Morgan fingerprint density at radius 1 is 1.12 bits per heavy atom. The monoisotopic (exact) mass is 605 g/mol. The largest absolute Gasteiger partial charge is 0.371 e. The minimum atomic E-state index is -3.39. The highest BCUT2D eigenvalue weighted by atomic mass is 19.3. The molecule has 3 rings (SSSR count). The van der Waals surface area contributed by atoms with Gasteiger partial charge in [-0.25, -0.2) is 8.78 Å². The highest BCUT2D eigenvalue weighted by Gasteiger charge is 2.43. The number of hydrogen-bond acceptors (Lipinski definition) is 4. The smallest absolute Gasteiger partial charge is 0.358 e. The molecule has 1 atom stereocenters. The third kappa shape index (κ3) is 13.6. The molecule has 1 unspecified atom stereocenters. The van der Waals surface area contributed by atoms with E-state index in [9.17, 15) is 13.2 Å².